The summed E-state index contributed by atoms with van der Waals surface area (Å²) in [6.07, 6.45) is 0. The van der Waals surface area contributed by atoms with Crippen molar-refractivity contribution < 1.29 is 14.7 Å². The molecule has 0 aliphatic rings. The van der Waals surface area contributed by atoms with Crippen LogP contribution in [0.2, 0.25) is 5.02 Å². The Bertz CT molecular complexity index is 424. The van der Waals surface area contributed by atoms with E-state index in [2.05, 4.69) is 12.8 Å². The highest BCUT2D eigenvalue weighted by Crippen LogP contribution is 2.24. The fourth-order valence-electron chi connectivity index (χ4n) is 0.936. The summed E-state index contributed by atoms with van der Waals surface area (Å²) in [5.74, 6) is -1.14. The number of aromatic carboxylic acids is 1. The van der Waals surface area contributed by atoms with Crippen molar-refractivity contribution in [1.29, 1.82) is 0 Å². The zero-order chi connectivity index (χ0) is 11.6. The molecule has 0 saturated carbocycles. The lowest BCUT2D eigenvalue weighted by Crippen LogP contribution is -2.27. The van der Waals surface area contributed by atoms with Crippen molar-refractivity contribution in [1.82, 2.24) is 0 Å². The molecule has 0 radical (unpaired) electrons. The second-order valence-corrected chi connectivity index (χ2v) is 3.43. The number of amides is 2. The van der Waals surface area contributed by atoms with Crippen LogP contribution in [0.5, 0.6) is 0 Å². The standard InChI is InChI=1S/C8H7ClN2O3S/c9-6-3-4(11(15)8(10)14)1-2-5(6)7(12)13/h1-3,15H,(H2,10,14)(H,12,13). The van der Waals surface area contributed by atoms with E-state index in [1.165, 1.54) is 18.2 Å². The summed E-state index contributed by atoms with van der Waals surface area (Å²) in [5, 5.41) is 8.71. The zero-order valence-corrected chi connectivity index (χ0v) is 9.00. The number of primary amides is 1. The van der Waals surface area contributed by atoms with Gasteiger partial charge in [0, 0.05) is 0 Å². The summed E-state index contributed by atoms with van der Waals surface area (Å²) in [7, 11) is 0. The van der Waals surface area contributed by atoms with Crippen molar-refractivity contribution in [2.75, 3.05) is 4.31 Å². The first-order valence-electron chi connectivity index (χ1n) is 3.74. The van der Waals surface area contributed by atoms with Crippen LogP contribution >= 0.6 is 24.4 Å². The molecule has 1 aromatic rings. The van der Waals surface area contributed by atoms with Crippen molar-refractivity contribution in [2.24, 2.45) is 5.73 Å². The fraction of sp³-hybridized carbons (Fsp3) is 0. The van der Waals surface area contributed by atoms with Crippen LogP contribution in [0.3, 0.4) is 0 Å². The second kappa shape index (κ2) is 4.41. The van der Waals surface area contributed by atoms with Gasteiger partial charge in [-0.3, -0.25) is 0 Å². The molecule has 0 aromatic heterocycles. The number of hydrogen-bond acceptors (Lipinski definition) is 3. The van der Waals surface area contributed by atoms with E-state index in [4.69, 9.17) is 22.4 Å². The molecule has 0 bridgehead atoms. The van der Waals surface area contributed by atoms with Gasteiger partial charge in [0.25, 0.3) is 0 Å². The predicted molar refractivity (Wildman–Crippen MR) is 59.5 cm³/mol. The van der Waals surface area contributed by atoms with Gasteiger partial charge in [-0.25, -0.2) is 13.9 Å². The minimum absolute atomic E-state index is 0.0142. The van der Waals surface area contributed by atoms with Gasteiger partial charge >= 0.3 is 12.0 Å². The summed E-state index contributed by atoms with van der Waals surface area (Å²) in [5.41, 5.74) is 5.22. The van der Waals surface area contributed by atoms with Gasteiger partial charge in [-0.05, 0) is 18.2 Å². The number of thiol groups is 1. The van der Waals surface area contributed by atoms with E-state index in [-0.39, 0.29) is 10.6 Å². The summed E-state index contributed by atoms with van der Waals surface area (Å²) in [6.45, 7) is 0. The van der Waals surface area contributed by atoms with Crippen LogP contribution in [0.1, 0.15) is 10.4 Å². The molecule has 1 aromatic carbocycles. The number of carboxylic acid groups (broad SMARTS) is 1. The number of benzene rings is 1. The fourth-order valence-corrected chi connectivity index (χ4v) is 1.32. The SMILES string of the molecule is NC(=O)N(S)c1ccc(C(=O)O)c(Cl)c1. The molecule has 5 nitrogen and oxygen atoms in total. The van der Waals surface area contributed by atoms with Crippen molar-refractivity contribution >= 4 is 42.1 Å². The molecule has 0 heterocycles. The molecule has 0 aliphatic carbocycles. The Balaban J connectivity index is 3.12. The smallest absolute Gasteiger partial charge is 0.337 e. The van der Waals surface area contributed by atoms with Crippen LogP contribution in [-0.2, 0) is 0 Å². The van der Waals surface area contributed by atoms with E-state index in [1.54, 1.807) is 0 Å². The van der Waals surface area contributed by atoms with Gasteiger partial charge in [0.05, 0.1) is 16.3 Å². The van der Waals surface area contributed by atoms with Gasteiger partial charge in [0.2, 0.25) is 0 Å². The third-order valence-electron chi connectivity index (χ3n) is 1.64. The zero-order valence-electron chi connectivity index (χ0n) is 7.35. The molecule has 80 valence electrons. The Morgan fingerprint density at radius 3 is 2.47 bits per heavy atom. The average Bonchev–Trinajstić information content (AvgIpc) is 2.15. The van der Waals surface area contributed by atoms with Crippen molar-refractivity contribution in [3.63, 3.8) is 0 Å². The van der Waals surface area contributed by atoms with Gasteiger partial charge in [-0.1, -0.05) is 24.4 Å². The number of hydrogen-bond donors (Lipinski definition) is 3. The lowest BCUT2D eigenvalue weighted by atomic mass is 10.2. The molecule has 15 heavy (non-hydrogen) atoms. The average molecular weight is 247 g/mol. The Labute approximate surface area is 96.0 Å². The van der Waals surface area contributed by atoms with Gasteiger partial charge in [0.1, 0.15) is 0 Å². The molecule has 0 unspecified atom stereocenters. The Morgan fingerprint density at radius 2 is 2.07 bits per heavy atom. The number of urea groups is 1. The van der Waals surface area contributed by atoms with Crippen LogP contribution < -0.4 is 10.0 Å². The molecule has 7 heteroatoms. The molecule has 0 fully saturated rings. The largest absolute Gasteiger partial charge is 0.478 e. The van der Waals surface area contributed by atoms with Gasteiger partial charge in [-0.15, -0.1) is 0 Å². The number of carboxylic acids is 1. The second-order valence-electron chi connectivity index (χ2n) is 2.62. The normalized spacial score (nSPS) is 9.73. The van der Waals surface area contributed by atoms with E-state index in [0.717, 1.165) is 4.31 Å². The van der Waals surface area contributed by atoms with Crippen molar-refractivity contribution in [2.45, 2.75) is 0 Å². The number of rotatable bonds is 2. The molecular weight excluding hydrogens is 240 g/mol. The number of anilines is 1. The van der Waals surface area contributed by atoms with E-state index < -0.39 is 12.0 Å². The number of nitrogens with zero attached hydrogens (tertiary/aromatic N) is 1. The number of carbonyl (C=O) groups is 2. The van der Waals surface area contributed by atoms with Crippen molar-refractivity contribution in [3.8, 4) is 0 Å². The molecule has 0 spiro atoms. The van der Waals surface area contributed by atoms with Crippen LogP contribution in [0.4, 0.5) is 10.5 Å². The maximum Gasteiger partial charge on any atom is 0.337 e. The molecule has 0 atom stereocenters. The maximum absolute atomic E-state index is 10.7. The summed E-state index contributed by atoms with van der Waals surface area (Å²) in [4.78, 5) is 21.4. The summed E-state index contributed by atoms with van der Waals surface area (Å²) < 4.78 is 0.859. The Morgan fingerprint density at radius 1 is 1.47 bits per heavy atom. The third-order valence-corrected chi connectivity index (χ3v) is 2.38. The number of halogens is 1. The molecule has 0 aliphatic heterocycles. The minimum atomic E-state index is -1.14. The number of carbonyl (C=O) groups excluding carboxylic acids is 1. The first-order valence-corrected chi connectivity index (χ1v) is 4.52. The van der Waals surface area contributed by atoms with E-state index in [0.29, 0.717) is 5.69 Å². The van der Waals surface area contributed by atoms with Crippen molar-refractivity contribution in [3.05, 3.63) is 28.8 Å². The summed E-state index contributed by atoms with van der Waals surface area (Å²) >= 11 is 9.48. The minimum Gasteiger partial charge on any atom is -0.478 e. The first-order chi connectivity index (χ1) is 6.93. The lowest BCUT2D eigenvalue weighted by Gasteiger charge is -2.13. The predicted octanol–water partition coefficient (Wildman–Crippen LogP) is 1.77. The van der Waals surface area contributed by atoms with E-state index in [1.807, 2.05) is 0 Å². The van der Waals surface area contributed by atoms with Crippen LogP contribution in [-0.4, -0.2) is 17.1 Å². The Kier molecular flexibility index (Phi) is 3.43. The lowest BCUT2D eigenvalue weighted by molar-refractivity contribution is 0.0697. The van der Waals surface area contributed by atoms with Crippen LogP contribution in [0.15, 0.2) is 18.2 Å². The summed E-state index contributed by atoms with van der Waals surface area (Å²) in [6, 6.07) is 3.17. The highest BCUT2D eigenvalue weighted by atomic mass is 35.5. The third kappa shape index (κ3) is 2.54. The monoisotopic (exact) mass is 246 g/mol. The molecular formula is C8H7ClN2O3S. The first kappa shape index (κ1) is 11.7. The highest BCUT2D eigenvalue weighted by Gasteiger charge is 2.13. The van der Waals surface area contributed by atoms with E-state index in [9.17, 15) is 9.59 Å². The molecule has 1 rings (SSSR count). The molecule has 2 amide bonds. The van der Waals surface area contributed by atoms with E-state index >= 15 is 0 Å². The van der Waals surface area contributed by atoms with Gasteiger partial charge < -0.3 is 10.8 Å². The van der Waals surface area contributed by atoms with Crippen LogP contribution in [0, 0.1) is 0 Å². The highest BCUT2D eigenvalue weighted by molar-refractivity contribution is 7.82. The van der Waals surface area contributed by atoms with Gasteiger partial charge in [0.15, 0.2) is 0 Å². The number of nitrogens with two attached hydrogens (primary N) is 1. The van der Waals surface area contributed by atoms with Crippen LogP contribution in [0.25, 0.3) is 0 Å². The molecule has 0 saturated heterocycles. The maximum atomic E-state index is 10.7. The molecule has 3 N–H and O–H groups in total. The Hall–Kier alpha value is -1.40. The van der Waals surface area contributed by atoms with Gasteiger partial charge in [-0.2, -0.15) is 0 Å². The quantitative estimate of drug-likeness (QED) is 0.696. The topological polar surface area (TPSA) is 83.6 Å².